The molecule has 0 spiro atoms. The molecule has 1 heterocycles. The topological polar surface area (TPSA) is 105 Å². The van der Waals surface area contributed by atoms with E-state index in [2.05, 4.69) is 10.3 Å². The lowest BCUT2D eigenvalue weighted by Crippen LogP contribution is -2.45. The Labute approximate surface area is 109 Å². The van der Waals surface area contributed by atoms with Gasteiger partial charge in [-0.2, -0.15) is 0 Å². The Morgan fingerprint density at radius 1 is 1.39 bits per heavy atom. The van der Waals surface area contributed by atoms with E-state index in [9.17, 15) is 9.59 Å². The second kappa shape index (κ2) is 4.56. The van der Waals surface area contributed by atoms with Crippen LogP contribution in [0.1, 0.15) is 33.4 Å². The molecule has 0 saturated heterocycles. The summed E-state index contributed by atoms with van der Waals surface area (Å²) in [6.45, 7) is 6.43. The molecule has 100 valence electrons. The van der Waals surface area contributed by atoms with Gasteiger partial charge in [0.15, 0.2) is 5.13 Å². The van der Waals surface area contributed by atoms with Crippen LogP contribution in [0.25, 0.3) is 0 Å². The van der Waals surface area contributed by atoms with E-state index < -0.39 is 22.8 Å². The van der Waals surface area contributed by atoms with Gasteiger partial charge in [-0.3, -0.25) is 9.59 Å². The van der Waals surface area contributed by atoms with Crippen molar-refractivity contribution in [3.05, 3.63) is 11.1 Å². The SMILES string of the molecule is CC(C)(Nc1nc(C(C)(C)C(=O)O)cs1)C(N)=O. The number of amides is 1. The molecule has 1 aromatic rings. The minimum Gasteiger partial charge on any atom is -0.481 e. The predicted molar refractivity (Wildman–Crippen MR) is 69.7 cm³/mol. The van der Waals surface area contributed by atoms with E-state index in [-0.39, 0.29) is 0 Å². The number of hydrogen-bond donors (Lipinski definition) is 3. The van der Waals surface area contributed by atoms with Crippen molar-refractivity contribution in [1.29, 1.82) is 0 Å². The number of nitrogens with one attached hydrogen (secondary N) is 1. The van der Waals surface area contributed by atoms with Gasteiger partial charge in [0.25, 0.3) is 0 Å². The summed E-state index contributed by atoms with van der Waals surface area (Å²) in [5.74, 6) is -1.45. The summed E-state index contributed by atoms with van der Waals surface area (Å²) >= 11 is 1.24. The lowest BCUT2D eigenvalue weighted by Gasteiger charge is -2.21. The molecule has 0 atom stereocenters. The molecular formula is C11H17N3O3S. The van der Waals surface area contributed by atoms with Crippen LogP contribution in [0.4, 0.5) is 5.13 Å². The summed E-state index contributed by atoms with van der Waals surface area (Å²) in [6.07, 6.45) is 0. The maximum Gasteiger partial charge on any atom is 0.315 e. The van der Waals surface area contributed by atoms with Crippen LogP contribution in [0.3, 0.4) is 0 Å². The molecule has 1 rings (SSSR count). The number of carbonyl (C=O) groups is 2. The van der Waals surface area contributed by atoms with E-state index in [4.69, 9.17) is 10.8 Å². The number of aromatic nitrogens is 1. The van der Waals surface area contributed by atoms with Gasteiger partial charge in [-0.15, -0.1) is 11.3 Å². The highest BCUT2D eigenvalue weighted by Crippen LogP contribution is 2.28. The zero-order valence-corrected chi connectivity index (χ0v) is 11.6. The molecule has 0 aliphatic carbocycles. The molecule has 18 heavy (non-hydrogen) atoms. The fourth-order valence-corrected chi connectivity index (χ4v) is 2.09. The summed E-state index contributed by atoms with van der Waals surface area (Å²) in [5, 5.41) is 14.1. The zero-order valence-electron chi connectivity index (χ0n) is 10.8. The largest absolute Gasteiger partial charge is 0.481 e. The molecule has 1 aromatic heterocycles. The van der Waals surface area contributed by atoms with Crippen molar-refractivity contribution in [3.8, 4) is 0 Å². The van der Waals surface area contributed by atoms with Gasteiger partial charge in [0.05, 0.1) is 5.69 Å². The number of anilines is 1. The number of carboxylic acids is 1. The summed E-state index contributed by atoms with van der Waals surface area (Å²) in [5.41, 5.74) is 3.70. The van der Waals surface area contributed by atoms with Gasteiger partial charge in [-0.1, -0.05) is 0 Å². The van der Waals surface area contributed by atoms with Crippen LogP contribution in [0.15, 0.2) is 5.38 Å². The molecule has 6 nitrogen and oxygen atoms in total. The van der Waals surface area contributed by atoms with Gasteiger partial charge < -0.3 is 16.2 Å². The van der Waals surface area contributed by atoms with Crippen molar-refractivity contribution < 1.29 is 14.7 Å². The minimum atomic E-state index is -1.06. The summed E-state index contributed by atoms with van der Waals surface area (Å²) in [6, 6.07) is 0. The number of hydrogen-bond acceptors (Lipinski definition) is 5. The van der Waals surface area contributed by atoms with Crippen molar-refractivity contribution in [2.45, 2.75) is 38.6 Å². The number of primary amides is 1. The first kappa shape index (κ1) is 14.4. The molecule has 0 saturated carbocycles. The smallest absolute Gasteiger partial charge is 0.315 e. The third kappa shape index (κ3) is 2.79. The van der Waals surface area contributed by atoms with Crippen LogP contribution >= 0.6 is 11.3 Å². The Bertz CT molecular complexity index is 480. The molecular weight excluding hydrogens is 254 g/mol. The second-order valence-electron chi connectivity index (χ2n) is 5.08. The fraction of sp³-hybridized carbons (Fsp3) is 0.545. The van der Waals surface area contributed by atoms with Crippen LogP contribution in [-0.4, -0.2) is 27.5 Å². The Balaban J connectivity index is 2.95. The number of rotatable bonds is 5. The number of carbonyl (C=O) groups excluding carboxylic acids is 1. The average Bonchev–Trinajstić information content (AvgIpc) is 2.65. The van der Waals surface area contributed by atoms with E-state index in [1.54, 1.807) is 33.1 Å². The molecule has 0 radical (unpaired) electrons. The number of thiazole rings is 1. The first-order valence-corrected chi connectivity index (χ1v) is 6.23. The Hall–Kier alpha value is -1.63. The minimum absolute atomic E-state index is 0.447. The molecule has 0 aromatic carbocycles. The van der Waals surface area contributed by atoms with Crippen LogP contribution in [-0.2, 0) is 15.0 Å². The lowest BCUT2D eigenvalue weighted by molar-refractivity contribution is -0.142. The molecule has 0 aliphatic rings. The first-order chi connectivity index (χ1) is 8.07. The summed E-state index contributed by atoms with van der Waals surface area (Å²) in [4.78, 5) is 26.5. The van der Waals surface area contributed by atoms with Gasteiger partial charge in [-0.05, 0) is 27.7 Å². The monoisotopic (exact) mass is 271 g/mol. The van der Waals surface area contributed by atoms with Crippen LogP contribution in [0.2, 0.25) is 0 Å². The third-order valence-electron chi connectivity index (χ3n) is 2.71. The Morgan fingerprint density at radius 3 is 2.39 bits per heavy atom. The van der Waals surface area contributed by atoms with E-state index in [0.29, 0.717) is 10.8 Å². The molecule has 7 heteroatoms. The second-order valence-corrected chi connectivity index (χ2v) is 5.94. The van der Waals surface area contributed by atoms with Crippen molar-refractivity contribution in [1.82, 2.24) is 4.98 Å². The van der Waals surface area contributed by atoms with Gasteiger partial charge in [0, 0.05) is 5.38 Å². The zero-order chi connectivity index (χ0) is 14.1. The standard InChI is InChI=1S/C11H17N3O3S/c1-10(2,8(16)17)6-5-18-9(13-6)14-11(3,4)7(12)15/h5H,1-4H3,(H2,12,15)(H,13,14)(H,16,17). The van der Waals surface area contributed by atoms with Crippen molar-refractivity contribution in [2.24, 2.45) is 5.73 Å². The van der Waals surface area contributed by atoms with Gasteiger partial charge >= 0.3 is 5.97 Å². The lowest BCUT2D eigenvalue weighted by atomic mass is 9.90. The first-order valence-electron chi connectivity index (χ1n) is 5.35. The number of aliphatic carboxylic acids is 1. The van der Waals surface area contributed by atoms with Crippen LogP contribution in [0, 0.1) is 0 Å². The highest BCUT2D eigenvalue weighted by atomic mass is 32.1. The quantitative estimate of drug-likeness (QED) is 0.745. The van der Waals surface area contributed by atoms with E-state index in [0.717, 1.165) is 0 Å². The fourth-order valence-electron chi connectivity index (χ4n) is 1.06. The summed E-state index contributed by atoms with van der Waals surface area (Å²) < 4.78 is 0. The number of nitrogens with zero attached hydrogens (tertiary/aromatic N) is 1. The molecule has 1 amide bonds. The molecule has 0 unspecified atom stereocenters. The third-order valence-corrected chi connectivity index (χ3v) is 3.47. The van der Waals surface area contributed by atoms with Crippen LogP contribution in [0.5, 0.6) is 0 Å². The van der Waals surface area contributed by atoms with Crippen molar-refractivity contribution in [3.63, 3.8) is 0 Å². The van der Waals surface area contributed by atoms with E-state index >= 15 is 0 Å². The van der Waals surface area contributed by atoms with Gasteiger partial charge in [-0.25, -0.2) is 4.98 Å². The number of carboxylic acid groups (broad SMARTS) is 1. The molecule has 0 fully saturated rings. The summed E-state index contributed by atoms with van der Waals surface area (Å²) in [7, 11) is 0. The van der Waals surface area contributed by atoms with Gasteiger partial charge in [0.2, 0.25) is 5.91 Å². The van der Waals surface area contributed by atoms with Gasteiger partial charge in [0.1, 0.15) is 11.0 Å². The Morgan fingerprint density at radius 2 is 1.94 bits per heavy atom. The van der Waals surface area contributed by atoms with Crippen molar-refractivity contribution in [2.75, 3.05) is 5.32 Å². The highest BCUT2D eigenvalue weighted by Gasteiger charge is 2.33. The molecule has 0 aliphatic heterocycles. The van der Waals surface area contributed by atoms with Crippen LogP contribution < -0.4 is 11.1 Å². The molecule has 0 bridgehead atoms. The highest BCUT2D eigenvalue weighted by molar-refractivity contribution is 7.13. The molecule has 4 N–H and O–H groups in total. The van der Waals surface area contributed by atoms with Crippen molar-refractivity contribution >= 4 is 28.3 Å². The van der Waals surface area contributed by atoms with E-state index in [1.807, 2.05) is 0 Å². The Kier molecular flexibility index (Phi) is 3.66. The maximum absolute atomic E-state index is 11.2. The predicted octanol–water partition coefficient (Wildman–Crippen LogP) is 1.18. The van der Waals surface area contributed by atoms with E-state index in [1.165, 1.54) is 11.3 Å². The normalized spacial score (nSPS) is 12.2. The number of nitrogens with two attached hydrogens (primary N) is 1. The maximum atomic E-state index is 11.2. The average molecular weight is 271 g/mol.